The first-order valence-corrected chi connectivity index (χ1v) is 8.92. The summed E-state index contributed by atoms with van der Waals surface area (Å²) < 4.78 is 6.21. The van der Waals surface area contributed by atoms with E-state index in [1.807, 2.05) is 18.2 Å². The van der Waals surface area contributed by atoms with E-state index in [9.17, 15) is 5.11 Å². The number of nitrogens with zero attached hydrogens (tertiary/aromatic N) is 1. The van der Waals surface area contributed by atoms with Gasteiger partial charge in [0.25, 0.3) is 0 Å². The van der Waals surface area contributed by atoms with E-state index in [-0.39, 0.29) is 5.75 Å². The van der Waals surface area contributed by atoms with Crippen molar-refractivity contribution in [2.45, 2.75) is 0 Å². The van der Waals surface area contributed by atoms with Crippen molar-refractivity contribution >= 4 is 5.69 Å². The first kappa shape index (κ1) is 16.5. The Bertz CT molecular complexity index is 857. The van der Waals surface area contributed by atoms with Crippen LogP contribution in [0.15, 0.2) is 72.8 Å². The first-order valence-electron chi connectivity index (χ1n) is 8.92. The lowest BCUT2D eigenvalue weighted by atomic mass is 10.0. The van der Waals surface area contributed by atoms with Gasteiger partial charge in [-0.05, 0) is 47.5 Å². The number of benzene rings is 3. The Labute approximate surface area is 153 Å². The first-order chi connectivity index (χ1) is 12.8. The number of hydrogen-bond donors (Lipinski definition) is 2. The normalized spacial score (nSPS) is 14.2. The van der Waals surface area contributed by atoms with E-state index in [1.165, 1.54) is 0 Å². The second kappa shape index (κ2) is 7.50. The fourth-order valence-electron chi connectivity index (χ4n) is 3.21. The standard InChI is InChI=1S/C22H22N2O2/c25-19-7-9-20(10-8-19)26-22-16-18(17-4-2-1-3-5-17)6-11-21(22)24-14-12-23-13-15-24/h1-11,16,23,25H,12-15H2. The van der Waals surface area contributed by atoms with Crippen LogP contribution in [0.1, 0.15) is 0 Å². The average molecular weight is 346 g/mol. The van der Waals surface area contributed by atoms with Gasteiger partial charge in [0.15, 0.2) is 5.75 Å². The number of anilines is 1. The van der Waals surface area contributed by atoms with Gasteiger partial charge in [0.05, 0.1) is 5.69 Å². The molecule has 1 fully saturated rings. The molecule has 4 rings (SSSR count). The van der Waals surface area contributed by atoms with Crippen molar-refractivity contribution in [1.82, 2.24) is 5.32 Å². The van der Waals surface area contributed by atoms with Gasteiger partial charge in [0.1, 0.15) is 11.5 Å². The molecule has 0 amide bonds. The highest BCUT2D eigenvalue weighted by atomic mass is 16.5. The minimum atomic E-state index is 0.234. The molecule has 3 aromatic rings. The largest absolute Gasteiger partial charge is 0.508 e. The third kappa shape index (κ3) is 3.65. The molecule has 1 aliphatic rings. The van der Waals surface area contributed by atoms with Crippen LogP contribution in [-0.4, -0.2) is 31.3 Å². The number of ether oxygens (including phenoxy) is 1. The van der Waals surface area contributed by atoms with E-state index < -0.39 is 0 Å². The predicted molar refractivity (Wildman–Crippen MR) is 105 cm³/mol. The van der Waals surface area contributed by atoms with Gasteiger partial charge in [-0.2, -0.15) is 0 Å². The van der Waals surface area contributed by atoms with Gasteiger partial charge in [-0.1, -0.05) is 36.4 Å². The molecule has 1 aliphatic heterocycles. The van der Waals surface area contributed by atoms with Gasteiger partial charge in [-0.15, -0.1) is 0 Å². The van der Waals surface area contributed by atoms with Crippen LogP contribution in [0.25, 0.3) is 11.1 Å². The highest BCUT2D eigenvalue weighted by Crippen LogP contribution is 2.36. The van der Waals surface area contributed by atoms with Gasteiger partial charge in [0.2, 0.25) is 0 Å². The van der Waals surface area contributed by atoms with Crippen LogP contribution in [0.4, 0.5) is 5.69 Å². The fraction of sp³-hybridized carbons (Fsp3) is 0.182. The molecule has 0 radical (unpaired) electrons. The van der Waals surface area contributed by atoms with Crippen LogP contribution in [0.5, 0.6) is 17.2 Å². The van der Waals surface area contributed by atoms with Crippen LogP contribution in [-0.2, 0) is 0 Å². The lowest BCUT2D eigenvalue weighted by Crippen LogP contribution is -2.43. The minimum absolute atomic E-state index is 0.234. The van der Waals surface area contributed by atoms with Crippen molar-refractivity contribution in [3.8, 4) is 28.4 Å². The maximum absolute atomic E-state index is 9.50. The summed E-state index contributed by atoms with van der Waals surface area (Å²) in [6, 6.07) is 23.5. The molecule has 132 valence electrons. The molecule has 0 bridgehead atoms. The second-order valence-corrected chi connectivity index (χ2v) is 6.38. The summed E-state index contributed by atoms with van der Waals surface area (Å²) >= 11 is 0. The van der Waals surface area contributed by atoms with E-state index in [0.717, 1.165) is 48.7 Å². The Morgan fingerprint density at radius 3 is 2.27 bits per heavy atom. The van der Waals surface area contributed by atoms with Gasteiger partial charge in [0, 0.05) is 26.2 Å². The molecule has 0 atom stereocenters. The minimum Gasteiger partial charge on any atom is -0.508 e. The molecule has 3 aromatic carbocycles. The van der Waals surface area contributed by atoms with E-state index in [0.29, 0.717) is 5.75 Å². The predicted octanol–water partition coefficient (Wildman–Crippen LogP) is 4.26. The lowest BCUT2D eigenvalue weighted by Gasteiger charge is -2.31. The zero-order chi connectivity index (χ0) is 17.8. The third-order valence-corrected chi connectivity index (χ3v) is 4.59. The number of rotatable bonds is 4. The number of nitrogens with one attached hydrogen (secondary N) is 1. The van der Waals surface area contributed by atoms with Crippen LogP contribution < -0.4 is 15.0 Å². The number of piperazine rings is 1. The molecule has 4 nitrogen and oxygen atoms in total. The maximum atomic E-state index is 9.50. The van der Waals surface area contributed by atoms with Gasteiger partial charge in [-0.3, -0.25) is 0 Å². The zero-order valence-electron chi connectivity index (χ0n) is 14.6. The van der Waals surface area contributed by atoms with Crippen LogP contribution in [0, 0.1) is 0 Å². The topological polar surface area (TPSA) is 44.7 Å². The Morgan fingerprint density at radius 2 is 1.54 bits per heavy atom. The Kier molecular flexibility index (Phi) is 4.75. The summed E-state index contributed by atoms with van der Waals surface area (Å²) in [4.78, 5) is 2.35. The lowest BCUT2D eigenvalue weighted by molar-refractivity contribution is 0.463. The number of aromatic hydroxyl groups is 1. The summed E-state index contributed by atoms with van der Waals surface area (Å²) in [5, 5.41) is 12.9. The van der Waals surface area contributed by atoms with Crippen molar-refractivity contribution in [2.24, 2.45) is 0 Å². The van der Waals surface area contributed by atoms with E-state index in [4.69, 9.17) is 4.74 Å². The fourth-order valence-corrected chi connectivity index (χ4v) is 3.21. The zero-order valence-corrected chi connectivity index (χ0v) is 14.6. The molecule has 2 N–H and O–H groups in total. The van der Waals surface area contributed by atoms with Crippen molar-refractivity contribution in [2.75, 3.05) is 31.1 Å². The molecule has 0 aliphatic carbocycles. The summed E-state index contributed by atoms with van der Waals surface area (Å²) in [6.07, 6.45) is 0. The molecule has 26 heavy (non-hydrogen) atoms. The van der Waals surface area contributed by atoms with E-state index in [1.54, 1.807) is 24.3 Å². The molecule has 1 saturated heterocycles. The second-order valence-electron chi connectivity index (χ2n) is 6.38. The van der Waals surface area contributed by atoms with Crippen molar-refractivity contribution in [3.05, 3.63) is 72.8 Å². The summed E-state index contributed by atoms with van der Waals surface area (Å²) in [6.45, 7) is 3.85. The molecule has 4 heteroatoms. The quantitative estimate of drug-likeness (QED) is 0.741. The smallest absolute Gasteiger partial charge is 0.151 e. The average Bonchev–Trinajstić information content (AvgIpc) is 2.71. The van der Waals surface area contributed by atoms with Crippen LogP contribution in [0.3, 0.4) is 0 Å². The molecule has 0 spiro atoms. The SMILES string of the molecule is Oc1ccc(Oc2cc(-c3ccccc3)ccc2N2CCNCC2)cc1. The summed E-state index contributed by atoms with van der Waals surface area (Å²) in [5.41, 5.74) is 3.38. The number of phenols is 1. The van der Waals surface area contributed by atoms with E-state index >= 15 is 0 Å². The molecular weight excluding hydrogens is 324 g/mol. The molecule has 0 saturated carbocycles. The van der Waals surface area contributed by atoms with Gasteiger partial charge >= 0.3 is 0 Å². The highest BCUT2D eigenvalue weighted by molar-refractivity contribution is 5.72. The van der Waals surface area contributed by atoms with Crippen LogP contribution >= 0.6 is 0 Å². The molecule has 0 unspecified atom stereocenters. The molecular formula is C22H22N2O2. The summed E-state index contributed by atoms with van der Waals surface area (Å²) in [5.74, 6) is 1.78. The number of phenolic OH excluding ortho intramolecular Hbond substituents is 1. The van der Waals surface area contributed by atoms with Crippen LogP contribution in [0.2, 0.25) is 0 Å². The van der Waals surface area contributed by atoms with Gasteiger partial charge in [-0.25, -0.2) is 0 Å². The van der Waals surface area contributed by atoms with E-state index in [2.05, 4.69) is 40.5 Å². The van der Waals surface area contributed by atoms with Gasteiger partial charge < -0.3 is 20.1 Å². The number of hydrogen-bond acceptors (Lipinski definition) is 4. The molecule has 0 aromatic heterocycles. The van der Waals surface area contributed by atoms with Crippen molar-refractivity contribution in [3.63, 3.8) is 0 Å². The molecule has 1 heterocycles. The Hall–Kier alpha value is -2.98. The monoisotopic (exact) mass is 346 g/mol. The Balaban J connectivity index is 1.71. The maximum Gasteiger partial charge on any atom is 0.151 e. The van der Waals surface area contributed by atoms with Crippen molar-refractivity contribution in [1.29, 1.82) is 0 Å². The highest BCUT2D eigenvalue weighted by Gasteiger charge is 2.16. The summed E-state index contributed by atoms with van der Waals surface area (Å²) in [7, 11) is 0. The third-order valence-electron chi connectivity index (χ3n) is 4.59. The Morgan fingerprint density at radius 1 is 0.808 bits per heavy atom. The van der Waals surface area contributed by atoms with Crippen molar-refractivity contribution < 1.29 is 9.84 Å².